The van der Waals surface area contributed by atoms with E-state index in [4.69, 9.17) is 11.6 Å². The quantitative estimate of drug-likeness (QED) is 0.301. The van der Waals surface area contributed by atoms with Gasteiger partial charge in [-0.3, -0.25) is 4.79 Å². The van der Waals surface area contributed by atoms with E-state index in [0.717, 1.165) is 36.9 Å². The second kappa shape index (κ2) is 11.6. The summed E-state index contributed by atoms with van der Waals surface area (Å²) >= 11 is 6.42. The van der Waals surface area contributed by atoms with Gasteiger partial charge in [0.15, 0.2) is 5.82 Å². The van der Waals surface area contributed by atoms with Gasteiger partial charge >= 0.3 is 6.47 Å². The number of nitrogens with one attached hydrogen (secondary N) is 1. The highest BCUT2D eigenvalue weighted by Crippen LogP contribution is 2.38. The summed E-state index contributed by atoms with van der Waals surface area (Å²) in [6.45, 7) is -0.114. The Balaban J connectivity index is 1.58. The first-order valence-electron chi connectivity index (χ1n) is 11.7. The van der Waals surface area contributed by atoms with Crippen LogP contribution in [0.1, 0.15) is 30.7 Å². The van der Waals surface area contributed by atoms with Crippen molar-refractivity contribution in [2.45, 2.75) is 42.2 Å². The van der Waals surface area contributed by atoms with Crippen molar-refractivity contribution in [3.05, 3.63) is 77.2 Å². The molecule has 38 heavy (non-hydrogen) atoms. The van der Waals surface area contributed by atoms with Gasteiger partial charge in [0.05, 0.1) is 10.7 Å². The van der Waals surface area contributed by atoms with Gasteiger partial charge in [-0.05, 0) is 69.1 Å². The molecule has 0 radical (unpaired) electrons. The number of aromatic nitrogens is 2. The van der Waals surface area contributed by atoms with Crippen LogP contribution in [0.2, 0.25) is 5.02 Å². The lowest BCUT2D eigenvalue weighted by atomic mass is 9.78. The van der Waals surface area contributed by atoms with E-state index < -0.39 is 20.7 Å². The standard InChI is InChI=1S/C25H26ClF2N5O4S/c1-32(2)23-11-17(16-4-3-5-18(27)10-16)6-7-21(23)31-22-13-20(28)24(12-19(22)26)38(35,36)33(37-15-34)25-8-9-29-14-30-25/h3-5,8-10,12-15,17,21,23,31H,6-7,11H2,1-2H3/t17-,21-,23-/m0/s1. The molecule has 1 aliphatic carbocycles. The first kappa shape index (κ1) is 27.7. The topological polar surface area (TPSA) is 105 Å². The molecule has 0 spiro atoms. The predicted molar refractivity (Wildman–Crippen MR) is 138 cm³/mol. The number of hydrogen-bond donors (Lipinski definition) is 1. The van der Waals surface area contributed by atoms with E-state index in [1.807, 2.05) is 25.1 Å². The fourth-order valence-electron chi connectivity index (χ4n) is 4.74. The molecule has 0 bridgehead atoms. The van der Waals surface area contributed by atoms with Crippen LogP contribution in [0.25, 0.3) is 0 Å². The van der Waals surface area contributed by atoms with E-state index in [2.05, 4.69) is 20.1 Å². The maximum atomic E-state index is 15.2. The van der Waals surface area contributed by atoms with Crippen LogP contribution in [0.4, 0.5) is 20.3 Å². The Kier molecular flexibility index (Phi) is 8.44. The Morgan fingerprint density at radius 3 is 2.61 bits per heavy atom. The van der Waals surface area contributed by atoms with Crippen LogP contribution >= 0.6 is 11.6 Å². The molecule has 4 rings (SSSR count). The normalized spacial score (nSPS) is 19.7. The van der Waals surface area contributed by atoms with Crippen molar-refractivity contribution in [3.8, 4) is 0 Å². The monoisotopic (exact) mass is 565 g/mol. The highest BCUT2D eigenvalue weighted by molar-refractivity contribution is 7.92. The molecule has 9 nitrogen and oxygen atoms in total. The fourth-order valence-corrected chi connectivity index (χ4v) is 6.28. The summed E-state index contributed by atoms with van der Waals surface area (Å²) in [6.07, 6.45) is 4.48. The highest BCUT2D eigenvalue weighted by Gasteiger charge is 2.35. The van der Waals surface area contributed by atoms with E-state index in [1.54, 1.807) is 12.1 Å². The maximum Gasteiger partial charge on any atom is 0.322 e. The average molecular weight is 566 g/mol. The number of nitrogens with zero attached hydrogens (tertiary/aromatic N) is 4. The predicted octanol–water partition coefficient (Wildman–Crippen LogP) is 4.37. The molecular weight excluding hydrogens is 540 g/mol. The molecule has 13 heteroatoms. The number of halogens is 3. The average Bonchev–Trinajstić information content (AvgIpc) is 2.89. The van der Waals surface area contributed by atoms with E-state index in [9.17, 15) is 17.6 Å². The summed E-state index contributed by atoms with van der Waals surface area (Å²) < 4.78 is 55.5. The number of carbonyl (C=O) groups is 1. The van der Waals surface area contributed by atoms with Crippen molar-refractivity contribution in [1.82, 2.24) is 14.9 Å². The largest absolute Gasteiger partial charge is 0.379 e. The zero-order valence-electron chi connectivity index (χ0n) is 20.6. The van der Waals surface area contributed by atoms with Crippen molar-refractivity contribution in [3.63, 3.8) is 0 Å². The van der Waals surface area contributed by atoms with Crippen molar-refractivity contribution in [2.24, 2.45) is 0 Å². The number of carbonyl (C=O) groups excluding carboxylic acids is 1. The Labute approximate surface area is 224 Å². The molecule has 3 atom stereocenters. The molecular formula is C25H26ClF2N5O4S. The lowest BCUT2D eigenvalue weighted by molar-refractivity contribution is -0.128. The Bertz CT molecular complexity index is 1400. The summed E-state index contributed by atoms with van der Waals surface area (Å²) in [7, 11) is -0.860. The molecule has 0 saturated heterocycles. The van der Waals surface area contributed by atoms with E-state index in [1.165, 1.54) is 18.3 Å². The molecule has 1 fully saturated rings. The first-order valence-corrected chi connectivity index (χ1v) is 13.5. The molecule has 0 aliphatic heterocycles. The van der Waals surface area contributed by atoms with Gasteiger partial charge in [0.2, 0.25) is 0 Å². The molecule has 2 aromatic carbocycles. The third-order valence-corrected chi connectivity index (χ3v) is 8.44. The van der Waals surface area contributed by atoms with Crippen molar-refractivity contribution in [2.75, 3.05) is 23.9 Å². The second-order valence-electron chi connectivity index (χ2n) is 9.11. The van der Waals surface area contributed by atoms with E-state index in [0.29, 0.717) is 6.42 Å². The molecule has 202 valence electrons. The third-order valence-electron chi connectivity index (χ3n) is 6.55. The molecule has 1 heterocycles. The smallest absolute Gasteiger partial charge is 0.322 e. The van der Waals surface area contributed by atoms with Gasteiger partial charge in [0.25, 0.3) is 10.0 Å². The molecule has 0 unspecified atom stereocenters. The summed E-state index contributed by atoms with van der Waals surface area (Å²) in [6, 6.07) is 9.59. The summed E-state index contributed by atoms with van der Waals surface area (Å²) in [5.41, 5.74) is 1.15. The maximum absolute atomic E-state index is 15.2. The number of anilines is 2. The number of likely N-dealkylation sites (N-methyl/N-ethyl adjacent to an activating group) is 1. The van der Waals surface area contributed by atoms with Crippen LogP contribution in [0.3, 0.4) is 0 Å². The number of benzene rings is 2. The third kappa shape index (κ3) is 5.87. The van der Waals surface area contributed by atoms with Crippen LogP contribution in [-0.2, 0) is 19.7 Å². The van der Waals surface area contributed by atoms with Crippen LogP contribution in [0, 0.1) is 11.6 Å². The first-order chi connectivity index (χ1) is 18.1. The van der Waals surface area contributed by atoms with Gasteiger partial charge in [0.1, 0.15) is 22.9 Å². The number of hydrogen-bond acceptors (Lipinski definition) is 8. The van der Waals surface area contributed by atoms with Gasteiger partial charge in [-0.2, -0.15) is 8.42 Å². The lowest BCUT2D eigenvalue weighted by Crippen LogP contribution is -2.47. The Morgan fingerprint density at radius 1 is 1.16 bits per heavy atom. The minimum absolute atomic E-state index is 0.00815. The number of rotatable bonds is 9. The molecule has 3 aromatic rings. The van der Waals surface area contributed by atoms with Crippen molar-refractivity contribution in [1.29, 1.82) is 0 Å². The minimum atomic E-state index is -4.72. The fraction of sp³-hybridized carbons (Fsp3) is 0.320. The molecule has 1 aliphatic rings. The van der Waals surface area contributed by atoms with Gasteiger partial charge in [0, 0.05) is 24.3 Å². The van der Waals surface area contributed by atoms with Gasteiger partial charge in [-0.1, -0.05) is 28.2 Å². The molecule has 1 N–H and O–H groups in total. The SMILES string of the molecule is CN(C)[C@H]1C[C@@H](c2cccc(F)c2)CC[C@@H]1Nc1cc(F)c(S(=O)(=O)N(OC=O)c2ccncn2)cc1Cl. The van der Waals surface area contributed by atoms with Gasteiger partial charge in [-0.15, -0.1) is 0 Å². The molecule has 1 aromatic heterocycles. The zero-order valence-corrected chi connectivity index (χ0v) is 22.2. The second-order valence-corrected chi connectivity index (χ2v) is 11.2. The Hall–Kier alpha value is -3.35. The van der Waals surface area contributed by atoms with Crippen molar-refractivity contribution >= 4 is 39.6 Å². The zero-order chi connectivity index (χ0) is 27.4. The summed E-state index contributed by atoms with van der Waals surface area (Å²) in [4.78, 5) is 24.3. The van der Waals surface area contributed by atoms with Crippen molar-refractivity contribution < 1.29 is 26.8 Å². The summed E-state index contributed by atoms with van der Waals surface area (Å²) in [5.74, 6) is -1.52. The Morgan fingerprint density at radius 2 is 1.95 bits per heavy atom. The minimum Gasteiger partial charge on any atom is -0.379 e. The van der Waals surface area contributed by atoms with E-state index >= 15 is 4.39 Å². The van der Waals surface area contributed by atoms with Crippen LogP contribution in [-0.4, -0.2) is 55.9 Å². The molecule has 1 saturated carbocycles. The van der Waals surface area contributed by atoms with Crippen LogP contribution in [0.15, 0.2) is 59.9 Å². The highest BCUT2D eigenvalue weighted by atomic mass is 35.5. The van der Waals surface area contributed by atoms with E-state index in [-0.39, 0.29) is 51.3 Å². The molecule has 0 amide bonds. The lowest BCUT2D eigenvalue weighted by Gasteiger charge is -2.41. The van der Waals surface area contributed by atoms with Gasteiger partial charge < -0.3 is 15.1 Å². The summed E-state index contributed by atoms with van der Waals surface area (Å²) in [5, 5.41) is 3.23. The van der Waals surface area contributed by atoms with Gasteiger partial charge in [-0.25, -0.2) is 18.7 Å². The van der Waals surface area contributed by atoms with Crippen LogP contribution in [0.5, 0.6) is 0 Å². The number of sulfonamides is 1. The van der Waals surface area contributed by atoms with Crippen LogP contribution < -0.4 is 9.79 Å².